The summed E-state index contributed by atoms with van der Waals surface area (Å²) in [6.45, 7) is 2.04. The number of nitrogens with zero attached hydrogens (tertiary/aromatic N) is 3. The summed E-state index contributed by atoms with van der Waals surface area (Å²) in [5, 5.41) is 0. The van der Waals surface area contributed by atoms with E-state index in [0.717, 1.165) is 33.0 Å². The molecule has 0 fully saturated rings. The molecule has 0 saturated heterocycles. The van der Waals surface area contributed by atoms with Crippen molar-refractivity contribution in [1.82, 2.24) is 14.9 Å². The fraction of sp³-hybridized carbons (Fsp3) is 0.208. The Labute approximate surface area is 181 Å². The first kappa shape index (κ1) is 21.6. The lowest BCUT2D eigenvalue weighted by Gasteiger charge is -2.16. The van der Waals surface area contributed by atoms with Gasteiger partial charge in [0.15, 0.2) is 0 Å². The van der Waals surface area contributed by atoms with Crippen LogP contribution in [0.1, 0.15) is 17.0 Å². The van der Waals surface area contributed by atoms with Crippen molar-refractivity contribution in [1.29, 1.82) is 0 Å². The molecule has 0 aliphatic rings. The first-order valence-electron chi connectivity index (χ1n) is 9.55. The van der Waals surface area contributed by atoms with Gasteiger partial charge in [0.1, 0.15) is 5.82 Å². The average molecular weight is 420 g/mol. The lowest BCUT2D eigenvalue weighted by atomic mass is 10.0. The van der Waals surface area contributed by atoms with Crippen molar-refractivity contribution in [3.05, 3.63) is 84.1 Å². The molecular formula is C24H25N3O2S. The Morgan fingerprint density at radius 3 is 2.37 bits per heavy atom. The lowest BCUT2D eigenvalue weighted by molar-refractivity contribution is -0.133. The van der Waals surface area contributed by atoms with Crippen LogP contribution in [-0.4, -0.2) is 42.0 Å². The zero-order chi connectivity index (χ0) is 21.5. The maximum atomic E-state index is 12.4. The van der Waals surface area contributed by atoms with E-state index in [1.165, 1.54) is 7.11 Å². The van der Waals surface area contributed by atoms with Crippen LogP contribution in [0.3, 0.4) is 0 Å². The number of aromatic nitrogens is 2. The third-order valence-electron chi connectivity index (χ3n) is 4.45. The number of benzene rings is 2. The van der Waals surface area contributed by atoms with Crippen LogP contribution in [0.25, 0.3) is 16.7 Å². The summed E-state index contributed by atoms with van der Waals surface area (Å²) in [6.07, 6.45) is 5.49. The first-order chi connectivity index (χ1) is 14.5. The summed E-state index contributed by atoms with van der Waals surface area (Å²) in [6, 6.07) is 16.0. The van der Waals surface area contributed by atoms with E-state index in [1.807, 2.05) is 86.8 Å². The van der Waals surface area contributed by atoms with Gasteiger partial charge in [0.05, 0.1) is 18.4 Å². The Hall–Kier alpha value is -3.12. The van der Waals surface area contributed by atoms with Crippen molar-refractivity contribution < 1.29 is 9.53 Å². The molecule has 5 nitrogen and oxygen atoms in total. The number of ether oxygens (including phenoxy) is 1. The van der Waals surface area contributed by atoms with Gasteiger partial charge >= 0.3 is 5.97 Å². The number of hydrogen-bond donors (Lipinski definition) is 0. The number of carbonyl (C=O) groups excluding carboxylic acids is 1. The Bertz CT molecular complexity index is 1030. The van der Waals surface area contributed by atoms with Crippen LogP contribution in [0.15, 0.2) is 72.0 Å². The molecule has 1 heterocycles. The van der Waals surface area contributed by atoms with E-state index in [-0.39, 0.29) is 5.97 Å². The van der Waals surface area contributed by atoms with E-state index in [0.29, 0.717) is 11.3 Å². The van der Waals surface area contributed by atoms with E-state index in [2.05, 4.69) is 9.97 Å². The fourth-order valence-corrected chi connectivity index (χ4v) is 4.05. The molecule has 6 heteroatoms. The van der Waals surface area contributed by atoms with Gasteiger partial charge in [-0.1, -0.05) is 48.5 Å². The molecule has 154 valence electrons. The minimum Gasteiger partial charge on any atom is -0.465 e. The average Bonchev–Trinajstić information content (AvgIpc) is 2.77. The van der Waals surface area contributed by atoms with E-state index in [4.69, 9.17) is 4.74 Å². The monoisotopic (exact) mass is 419 g/mol. The molecule has 30 heavy (non-hydrogen) atoms. The molecule has 0 aliphatic carbocycles. The summed E-state index contributed by atoms with van der Waals surface area (Å²) >= 11 is 1.62. The van der Waals surface area contributed by atoms with E-state index in [1.54, 1.807) is 18.0 Å². The normalized spacial score (nSPS) is 11.3. The number of methoxy groups -OCH3 is 1. The Morgan fingerprint density at radius 2 is 1.73 bits per heavy atom. The standard InChI is InChI=1S/C24H25N3O2S/c1-17-9-8-12-20(21(15-27(2)3)24(28)29-4)23(17)30-16-22-25-13-19(14-26-22)18-10-6-5-7-11-18/h5-15H,16H2,1-4H3/b21-15+. The van der Waals surface area contributed by atoms with E-state index >= 15 is 0 Å². The predicted octanol–water partition coefficient (Wildman–Crippen LogP) is 4.82. The molecule has 3 rings (SSSR count). The van der Waals surface area contributed by atoms with Gasteiger partial charge in [0, 0.05) is 48.7 Å². The maximum absolute atomic E-state index is 12.4. The maximum Gasteiger partial charge on any atom is 0.339 e. The van der Waals surface area contributed by atoms with E-state index in [9.17, 15) is 4.79 Å². The number of carbonyl (C=O) groups is 1. The number of esters is 1. The van der Waals surface area contributed by atoms with Crippen molar-refractivity contribution in [2.24, 2.45) is 0 Å². The molecule has 1 aromatic heterocycles. The smallest absolute Gasteiger partial charge is 0.339 e. The summed E-state index contributed by atoms with van der Waals surface area (Å²) in [4.78, 5) is 24.3. The van der Waals surface area contributed by atoms with Crippen LogP contribution in [-0.2, 0) is 15.3 Å². The van der Waals surface area contributed by atoms with Gasteiger partial charge < -0.3 is 9.64 Å². The largest absolute Gasteiger partial charge is 0.465 e. The first-order valence-corrected chi connectivity index (χ1v) is 10.5. The molecule has 0 N–H and O–H groups in total. The van der Waals surface area contributed by atoms with Crippen LogP contribution in [0.5, 0.6) is 0 Å². The molecule has 0 atom stereocenters. The molecule has 0 spiro atoms. The quantitative estimate of drug-likeness (QED) is 0.311. The summed E-state index contributed by atoms with van der Waals surface area (Å²) < 4.78 is 5.01. The van der Waals surface area contributed by atoms with Crippen LogP contribution >= 0.6 is 11.8 Å². The second-order valence-electron chi connectivity index (χ2n) is 6.99. The Morgan fingerprint density at radius 1 is 1.03 bits per heavy atom. The number of aryl methyl sites for hydroxylation is 1. The zero-order valence-corrected chi connectivity index (χ0v) is 18.4. The highest BCUT2D eigenvalue weighted by molar-refractivity contribution is 7.98. The van der Waals surface area contributed by atoms with Crippen molar-refractivity contribution in [3.8, 4) is 11.1 Å². The molecule has 3 aromatic rings. The van der Waals surface area contributed by atoms with Gasteiger partial charge in [-0.3, -0.25) is 0 Å². The number of rotatable bonds is 7. The second kappa shape index (κ2) is 10.1. The van der Waals surface area contributed by atoms with Gasteiger partial charge in [-0.15, -0.1) is 11.8 Å². The SMILES string of the molecule is COC(=O)/C(=C/N(C)C)c1cccc(C)c1SCc1ncc(-c2ccccc2)cn1. The third kappa shape index (κ3) is 5.27. The fourth-order valence-electron chi connectivity index (χ4n) is 3.00. The Kier molecular flexibility index (Phi) is 7.25. The zero-order valence-electron chi connectivity index (χ0n) is 17.6. The summed E-state index contributed by atoms with van der Waals surface area (Å²) in [5.74, 6) is 0.980. The minimum absolute atomic E-state index is 0.361. The highest BCUT2D eigenvalue weighted by Crippen LogP contribution is 2.33. The number of thioether (sulfide) groups is 1. The lowest BCUT2D eigenvalue weighted by Crippen LogP contribution is -2.11. The molecule has 0 saturated carbocycles. The van der Waals surface area contributed by atoms with Gasteiger partial charge in [-0.2, -0.15) is 0 Å². The molecular weight excluding hydrogens is 394 g/mol. The van der Waals surface area contributed by atoms with E-state index < -0.39 is 0 Å². The molecule has 0 bridgehead atoms. The van der Waals surface area contributed by atoms with Crippen LogP contribution in [0.4, 0.5) is 0 Å². The topological polar surface area (TPSA) is 55.3 Å². The van der Waals surface area contributed by atoms with Crippen molar-refractivity contribution in [3.63, 3.8) is 0 Å². The highest BCUT2D eigenvalue weighted by Gasteiger charge is 2.18. The van der Waals surface area contributed by atoms with Gasteiger partial charge in [-0.25, -0.2) is 14.8 Å². The van der Waals surface area contributed by atoms with Gasteiger partial charge in [0.2, 0.25) is 0 Å². The van der Waals surface area contributed by atoms with Crippen molar-refractivity contribution in [2.75, 3.05) is 21.2 Å². The number of hydrogen-bond acceptors (Lipinski definition) is 6. The predicted molar refractivity (Wildman–Crippen MR) is 122 cm³/mol. The molecule has 0 unspecified atom stereocenters. The Balaban J connectivity index is 1.84. The highest BCUT2D eigenvalue weighted by atomic mass is 32.2. The molecule has 2 aromatic carbocycles. The molecule has 0 amide bonds. The van der Waals surface area contributed by atoms with Gasteiger partial charge in [0.25, 0.3) is 0 Å². The van der Waals surface area contributed by atoms with Crippen molar-refractivity contribution in [2.45, 2.75) is 17.6 Å². The van der Waals surface area contributed by atoms with Gasteiger partial charge in [-0.05, 0) is 18.1 Å². The van der Waals surface area contributed by atoms with Crippen LogP contribution < -0.4 is 0 Å². The van der Waals surface area contributed by atoms with Crippen LogP contribution in [0.2, 0.25) is 0 Å². The summed E-state index contributed by atoms with van der Waals surface area (Å²) in [5.41, 5.74) is 4.54. The summed E-state index contributed by atoms with van der Waals surface area (Å²) in [7, 11) is 5.16. The van der Waals surface area contributed by atoms with Crippen molar-refractivity contribution >= 4 is 23.3 Å². The third-order valence-corrected chi connectivity index (χ3v) is 5.69. The second-order valence-corrected chi connectivity index (χ2v) is 7.98. The molecule has 0 radical (unpaired) electrons. The molecule has 0 aliphatic heterocycles. The minimum atomic E-state index is -0.361. The van der Waals surface area contributed by atoms with Crippen LogP contribution in [0, 0.1) is 6.92 Å².